The number of fused-ring (bicyclic) bond motifs is 5. The van der Waals surface area contributed by atoms with Crippen LogP contribution in [0.3, 0.4) is 0 Å². The lowest BCUT2D eigenvalue weighted by Crippen LogP contribution is -2.54. The largest absolute Gasteiger partial charge is 0.354 e. The van der Waals surface area contributed by atoms with Crippen LogP contribution < -0.4 is 10.6 Å². The molecule has 1 amide bonds. The Balaban J connectivity index is 1.70. The van der Waals surface area contributed by atoms with Crippen molar-refractivity contribution in [2.24, 2.45) is 0 Å². The molecule has 1 aromatic carbocycles. The molecule has 42 heavy (non-hydrogen) atoms. The molecule has 0 N–H and O–H groups in total. The topological polar surface area (TPSA) is 84.2 Å². The van der Waals surface area contributed by atoms with Crippen molar-refractivity contribution in [1.82, 2.24) is 24.4 Å². The van der Waals surface area contributed by atoms with Crippen LogP contribution in [-0.2, 0) is 17.6 Å². The summed E-state index contributed by atoms with van der Waals surface area (Å²) >= 11 is 0. The fraction of sp³-hybridized carbons (Fsp3) is 0.382. The quantitative estimate of drug-likeness (QED) is 0.318. The Labute approximate surface area is 246 Å². The highest BCUT2D eigenvalue weighted by Gasteiger charge is 2.32. The SMILES string of the molecule is C=CC(=O)N1CCN(c2nc(=O)n(-c3c(C)ccnc3C(C)C)c3c4c(c(C)cc23)-c2c(C)ccnc2CC4)[C@@H](C)C1. The molecule has 0 radical (unpaired) electrons. The molecule has 1 aliphatic heterocycles. The van der Waals surface area contributed by atoms with E-state index in [1.54, 1.807) is 0 Å². The predicted octanol–water partition coefficient (Wildman–Crippen LogP) is 5.21. The summed E-state index contributed by atoms with van der Waals surface area (Å²) in [7, 11) is 0. The number of amides is 1. The molecule has 0 saturated carbocycles. The molecule has 0 unspecified atom stereocenters. The van der Waals surface area contributed by atoms with Crippen LogP contribution in [0.4, 0.5) is 5.82 Å². The van der Waals surface area contributed by atoms with Gasteiger partial charge in [0.05, 0.1) is 16.9 Å². The molecule has 4 heterocycles. The van der Waals surface area contributed by atoms with Gasteiger partial charge in [-0.25, -0.2) is 4.79 Å². The Bertz CT molecular complexity index is 1820. The number of benzene rings is 1. The van der Waals surface area contributed by atoms with Gasteiger partial charge in [-0.1, -0.05) is 20.4 Å². The lowest BCUT2D eigenvalue weighted by molar-refractivity contribution is -0.126. The van der Waals surface area contributed by atoms with Gasteiger partial charge in [0.2, 0.25) is 5.91 Å². The summed E-state index contributed by atoms with van der Waals surface area (Å²) in [5.74, 6) is 0.720. The summed E-state index contributed by atoms with van der Waals surface area (Å²) in [6, 6.07) is 6.21. The standard InChI is InChI=1S/C34H38N6O2/c1-8-27(41)38-15-16-39(23(7)18-38)33-25-17-22(6)28-24(9-10-26-29(28)20(4)11-13-35-26)32(25)40(34(42)37-33)31-21(5)12-14-36-30(31)19(2)3/h8,11-14,17,19,23H,1,9-10,15-16,18H2,2-7H3/t23-/m0/s1. The molecule has 216 valence electrons. The maximum atomic E-state index is 14.3. The Morgan fingerprint density at radius 2 is 1.76 bits per heavy atom. The first-order valence-corrected chi connectivity index (χ1v) is 14.8. The van der Waals surface area contributed by atoms with Crippen LogP contribution in [0.2, 0.25) is 0 Å². The predicted molar refractivity (Wildman–Crippen MR) is 168 cm³/mol. The minimum Gasteiger partial charge on any atom is -0.350 e. The Morgan fingerprint density at radius 1 is 1.02 bits per heavy atom. The highest BCUT2D eigenvalue weighted by atomic mass is 16.2. The molecule has 3 aromatic heterocycles. The smallest absolute Gasteiger partial charge is 0.350 e. The van der Waals surface area contributed by atoms with Crippen molar-refractivity contribution in [3.8, 4) is 16.8 Å². The molecule has 2 aliphatic rings. The molecule has 8 nitrogen and oxygen atoms in total. The number of hydrogen-bond acceptors (Lipinski definition) is 6. The van der Waals surface area contributed by atoms with Crippen LogP contribution in [0.25, 0.3) is 27.7 Å². The van der Waals surface area contributed by atoms with Crippen molar-refractivity contribution in [1.29, 1.82) is 0 Å². The molecular weight excluding hydrogens is 524 g/mol. The molecular formula is C34H38N6O2. The first-order valence-electron chi connectivity index (χ1n) is 14.8. The third kappa shape index (κ3) is 4.32. The molecule has 0 spiro atoms. The van der Waals surface area contributed by atoms with Crippen molar-refractivity contribution in [3.63, 3.8) is 0 Å². The Kier molecular flexibility index (Phi) is 6.95. The van der Waals surface area contributed by atoms with E-state index in [0.29, 0.717) is 25.5 Å². The van der Waals surface area contributed by atoms with Crippen LogP contribution in [0.15, 0.2) is 48.0 Å². The number of anilines is 1. The summed E-state index contributed by atoms with van der Waals surface area (Å²) in [6.07, 6.45) is 6.65. The van der Waals surface area contributed by atoms with Crippen molar-refractivity contribution in [2.45, 2.75) is 66.3 Å². The molecule has 8 heteroatoms. The number of hydrogen-bond donors (Lipinski definition) is 0. The zero-order valence-electron chi connectivity index (χ0n) is 25.4. The van der Waals surface area contributed by atoms with Crippen LogP contribution in [-0.4, -0.2) is 56.0 Å². The second kappa shape index (κ2) is 10.5. The van der Waals surface area contributed by atoms with E-state index in [1.807, 2.05) is 34.9 Å². The molecule has 4 aromatic rings. The van der Waals surface area contributed by atoms with E-state index in [1.165, 1.54) is 22.8 Å². The third-order valence-corrected chi connectivity index (χ3v) is 8.87. The van der Waals surface area contributed by atoms with E-state index in [9.17, 15) is 9.59 Å². The van der Waals surface area contributed by atoms with E-state index in [-0.39, 0.29) is 23.6 Å². The minimum atomic E-state index is -0.313. The van der Waals surface area contributed by atoms with E-state index in [4.69, 9.17) is 15.0 Å². The molecule has 0 bridgehead atoms. The zero-order chi connectivity index (χ0) is 29.9. The lowest BCUT2D eigenvalue weighted by Gasteiger charge is -2.41. The molecule has 1 fully saturated rings. The third-order valence-electron chi connectivity index (χ3n) is 8.87. The fourth-order valence-corrected chi connectivity index (χ4v) is 6.89. The Hall–Kier alpha value is -4.33. The number of aryl methyl sites for hydroxylation is 5. The van der Waals surface area contributed by atoms with Gasteiger partial charge in [-0.05, 0) is 98.5 Å². The monoisotopic (exact) mass is 562 g/mol. The van der Waals surface area contributed by atoms with Gasteiger partial charge in [0.25, 0.3) is 0 Å². The van der Waals surface area contributed by atoms with E-state index < -0.39 is 0 Å². The molecule has 1 atom stereocenters. The zero-order valence-corrected chi connectivity index (χ0v) is 25.4. The molecule has 6 rings (SSSR count). The number of piperazine rings is 1. The highest BCUT2D eigenvalue weighted by Crippen LogP contribution is 2.43. The van der Waals surface area contributed by atoms with Crippen LogP contribution in [0.5, 0.6) is 0 Å². The second-order valence-corrected chi connectivity index (χ2v) is 12.0. The maximum Gasteiger partial charge on any atom is 0.354 e. The van der Waals surface area contributed by atoms with Crippen LogP contribution in [0.1, 0.15) is 60.3 Å². The number of aromatic nitrogens is 4. The van der Waals surface area contributed by atoms with E-state index in [0.717, 1.165) is 57.5 Å². The van der Waals surface area contributed by atoms with Gasteiger partial charge >= 0.3 is 5.69 Å². The maximum absolute atomic E-state index is 14.3. The summed E-state index contributed by atoms with van der Waals surface area (Å²) in [4.78, 5) is 45.0. The van der Waals surface area contributed by atoms with Gasteiger partial charge < -0.3 is 9.80 Å². The number of pyridine rings is 2. The van der Waals surface area contributed by atoms with Gasteiger partial charge in [-0.3, -0.25) is 19.3 Å². The number of nitrogens with zero attached hydrogens (tertiary/aromatic N) is 6. The van der Waals surface area contributed by atoms with Gasteiger partial charge in [-0.2, -0.15) is 4.98 Å². The average molecular weight is 563 g/mol. The summed E-state index contributed by atoms with van der Waals surface area (Å²) in [5.41, 5.74) is 10.2. The number of rotatable bonds is 4. The number of carbonyl (C=O) groups is 1. The summed E-state index contributed by atoms with van der Waals surface area (Å²) in [6.45, 7) is 17.9. The first-order chi connectivity index (χ1) is 20.1. The summed E-state index contributed by atoms with van der Waals surface area (Å²) < 4.78 is 1.83. The number of carbonyl (C=O) groups excluding carboxylic acids is 1. The second-order valence-electron chi connectivity index (χ2n) is 12.0. The minimum absolute atomic E-state index is 0.0246. The molecule has 1 saturated heterocycles. The Morgan fingerprint density at radius 3 is 2.48 bits per heavy atom. The van der Waals surface area contributed by atoms with Crippen LogP contribution >= 0.6 is 0 Å². The average Bonchev–Trinajstić information content (AvgIpc) is 2.97. The lowest BCUT2D eigenvalue weighted by atomic mass is 9.82. The van der Waals surface area contributed by atoms with Gasteiger partial charge in [-0.15, -0.1) is 0 Å². The highest BCUT2D eigenvalue weighted by molar-refractivity contribution is 6.00. The van der Waals surface area contributed by atoms with Crippen molar-refractivity contribution in [2.75, 3.05) is 24.5 Å². The van der Waals surface area contributed by atoms with E-state index in [2.05, 4.69) is 58.2 Å². The molecule has 1 aliphatic carbocycles. The van der Waals surface area contributed by atoms with Crippen LogP contribution in [0, 0.1) is 20.8 Å². The van der Waals surface area contributed by atoms with E-state index >= 15 is 0 Å². The first kappa shape index (κ1) is 27.8. The van der Waals surface area contributed by atoms with Crippen molar-refractivity contribution >= 4 is 22.6 Å². The van der Waals surface area contributed by atoms with Gasteiger partial charge in [0.15, 0.2) is 0 Å². The fourth-order valence-electron chi connectivity index (χ4n) is 6.89. The summed E-state index contributed by atoms with van der Waals surface area (Å²) in [5, 5.41) is 0.948. The van der Waals surface area contributed by atoms with Gasteiger partial charge in [0, 0.05) is 54.7 Å². The normalized spacial score (nSPS) is 16.5. The van der Waals surface area contributed by atoms with Gasteiger partial charge in [0.1, 0.15) is 5.82 Å². The van der Waals surface area contributed by atoms with Crippen molar-refractivity contribution < 1.29 is 4.79 Å². The van der Waals surface area contributed by atoms with Crippen molar-refractivity contribution in [3.05, 3.63) is 87.4 Å².